The highest BCUT2D eigenvalue weighted by Crippen LogP contribution is 2.30. The van der Waals surface area contributed by atoms with Crippen LogP contribution in [0.25, 0.3) is 5.65 Å². The first-order valence-corrected chi connectivity index (χ1v) is 10.9. The molecule has 0 radical (unpaired) electrons. The number of nitrogens with zero attached hydrogens (tertiary/aromatic N) is 3. The van der Waals surface area contributed by atoms with E-state index in [1.165, 1.54) is 10.5 Å². The number of carbonyl (C=O) groups excluding carboxylic acids is 1. The normalized spacial score (nSPS) is 16.5. The van der Waals surface area contributed by atoms with Crippen molar-refractivity contribution < 1.29 is 18.0 Å². The fraction of sp³-hybridized carbons (Fsp3) is 0.292. The van der Waals surface area contributed by atoms with Gasteiger partial charge in [0.05, 0.1) is 0 Å². The molecule has 0 spiro atoms. The smallest absolute Gasteiger partial charge is 0.349 e. The highest BCUT2D eigenvalue weighted by Gasteiger charge is 2.34. The van der Waals surface area contributed by atoms with Crippen molar-refractivity contribution in [2.24, 2.45) is 0 Å². The number of imidazole rings is 1. The molecular weight excluding hydrogens is 445 g/mol. The highest BCUT2D eigenvalue weighted by molar-refractivity contribution is 5.95. The summed E-state index contributed by atoms with van der Waals surface area (Å²) < 4.78 is 40.6. The molecule has 3 N–H and O–H groups in total. The van der Waals surface area contributed by atoms with Gasteiger partial charge in [-0.05, 0) is 56.9 Å². The van der Waals surface area contributed by atoms with Crippen LogP contribution in [0, 0.1) is 0 Å². The van der Waals surface area contributed by atoms with Crippen LogP contribution in [0.15, 0.2) is 66.8 Å². The molecule has 34 heavy (non-hydrogen) atoms. The van der Waals surface area contributed by atoms with Gasteiger partial charge in [-0.1, -0.05) is 18.7 Å². The summed E-state index contributed by atoms with van der Waals surface area (Å²) in [7, 11) is 0. The molecule has 1 amide bonds. The average molecular weight is 470 g/mol. The van der Waals surface area contributed by atoms with Crippen molar-refractivity contribution in [3.63, 3.8) is 0 Å². The largest absolute Gasteiger partial charge is 0.434 e. The van der Waals surface area contributed by atoms with Crippen LogP contribution in [0.5, 0.6) is 0 Å². The van der Waals surface area contributed by atoms with Crippen molar-refractivity contribution in [2.45, 2.75) is 44.8 Å². The van der Waals surface area contributed by atoms with Crippen LogP contribution in [-0.2, 0) is 6.18 Å². The molecule has 4 rings (SSSR count). The molecule has 0 fully saturated rings. The van der Waals surface area contributed by atoms with Crippen molar-refractivity contribution in [1.29, 1.82) is 0 Å². The van der Waals surface area contributed by atoms with Gasteiger partial charge < -0.3 is 16.0 Å². The molecule has 3 heterocycles. The van der Waals surface area contributed by atoms with E-state index in [1.807, 2.05) is 6.08 Å². The third kappa shape index (κ3) is 5.56. The second-order valence-electron chi connectivity index (χ2n) is 8.24. The second kappa shape index (κ2) is 9.58. The number of nitrogens with one attached hydrogen (secondary N) is 3. The number of pyridine rings is 2. The van der Waals surface area contributed by atoms with Gasteiger partial charge in [0.1, 0.15) is 17.3 Å². The van der Waals surface area contributed by atoms with Crippen molar-refractivity contribution in [2.75, 3.05) is 10.6 Å². The van der Waals surface area contributed by atoms with Crippen LogP contribution in [0.3, 0.4) is 0 Å². The predicted octanol–water partition coefficient (Wildman–Crippen LogP) is 5.36. The molecule has 1 unspecified atom stereocenters. The summed E-state index contributed by atoms with van der Waals surface area (Å²) in [5.41, 5.74) is 1.40. The van der Waals surface area contributed by atoms with Gasteiger partial charge in [-0.15, -0.1) is 0 Å². The maximum Gasteiger partial charge on any atom is 0.434 e. The van der Waals surface area contributed by atoms with E-state index in [4.69, 9.17) is 0 Å². The first-order chi connectivity index (χ1) is 16.2. The quantitative estimate of drug-likeness (QED) is 0.452. The van der Waals surface area contributed by atoms with Crippen LogP contribution < -0.4 is 16.0 Å². The lowest BCUT2D eigenvalue weighted by molar-refractivity contribution is -0.140. The molecule has 1 atom stereocenters. The number of fused-ring (bicyclic) bond motifs is 1. The van der Waals surface area contributed by atoms with E-state index in [0.29, 0.717) is 30.0 Å². The molecular formula is C24H25F3N6O. The number of amides is 1. The van der Waals surface area contributed by atoms with Crippen LogP contribution in [-0.4, -0.2) is 26.3 Å². The van der Waals surface area contributed by atoms with Gasteiger partial charge in [-0.3, -0.25) is 9.20 Å². The number of hydrogen-bond acceptors (Lipinski definition) is 5. The second-order valence-corrected chi connectivity index (χ2v) is 8.24. The number of aromatic nitrogens is 3. The van der Waals surface area contributed by atoms with Crippen molar-refractivity contribution in [3.8, 4) is 0 Å². The topological polar surface area (TPSA) is 83.4 Å². The van der Waals surface area contributed by atoms with Crippen LogP contribution in [0.2, 0.25) is 0 Å². The van der Waals surface area contributed by atoms with Crippen molar-refractivity contribution in [1.82, 2.24) is 19.7 Å². The summed E-state index contributed by atoms with van der Waals surface area (Å²) in [5.74, 6) is 0.872. The third-order valence-electron chi connectivity index (χ3n) is 5.44. The lowest BCUT2D eigenvalue weighted by atomic mass is 10.1. The van der Waals surface area contributed by atoms with E-state index < -0.39 is 11.9 Å². The number of carbonyl (C=O) groups is 1. The van der Waals surface area contributed by atoms with E-state index in [9.17, 15) is 18.0 Å². The molecule has 1 aliphatic rings. The number of allylic oxidation sites excluding steroid dienone is 3. The summed E-state index contributed by atoms with van der Waals surface area (Å²) in [6.45, 7) is 5.58. The lowest BCUT2D eigenvalue weighted by Crippen LogP contribution is -2.34. The third-order valence-corrected chi connectivity index (χ3v) is 5.44. The zero-order valence-electron chi connectivity index (χ0n) is 18.6. The summed E-state index contributed by atoms with van der Waals surface area (Å²) in [6.07, 6.45) is 2.88. The molecule has 0 saturated carbocycles. The number of halogens is 3. The number of rotatable bonds is 6. The SMILES string of the molecule is C=C(C)Nc1cc(C(=O)NC2CCC=C(Nc3cccc4nc(C(F)(F)F)cn34)CC2)ccn1. The van der Waals surface area contributed by atoms with Gasteiger partial charge in [0.25, 0.3) is 5.91 Å². The summed E-state index contributed by atoms with van der Waals surface area (Å²) in [4.78, 5) is 20.6. The average Bonchev–Trinajstić information content (AvgIpc) is 3.12. The predicted molar refractivity (Wildman–Crippen MR) is 124 cm³/mol. The van der Waals surface area contributed by atoms with Crippen molar-refractivity contribution >= 4 is 23.2 Å². The van der Waals surface area contributed by atoms with Crippen molar-refractivity contribution in [3.05, 3.63) is 78.0 Å². The molecule has 178 valence electrons. The van der Waals surface area contributed by atoms with Gasteiger partial charge in [-0.25, -0.2) is 9.97 Å². The first kappa shape index (κ1) is 23.3. The highest BCUT2D eigenvalue weighted by atomic mass is 19.4. The number of hydrogen-bond donors (Lipinski definition) is 3. The van der Waals surface area contributed by atoms with Gasteiger partial charge in [0, 0.05) is 35.4 Å². The Hall–Kier alpha value is -3.82. The molecule has 0 aliphatic heterocycles. The molecule has 0 aromatic carbocycles. The van der Waals surface area contributed by atoms with Gasteiger partial charge >= 0.3 is 6.18 Å². The Kier molecular flexibility index (Phi) is 6.58. The fourth-order valence-corrected chi connectivity index (χ4v) is 3.83. The van der Waals surface area contributed by atoms with Crippen LogP contribution in [0.4, 0.5) is 24.8 Å². The van der Waals surface area contributed by atoms with Crippen LogP contribution in [0.1, 0.15) is 48.7 Å². The lowest BCUT2D eigenvalue weighted by Gasteiger charge is -2.17. The Balaban J connectivity index is 1.39. The van der Waals surface area contributed by atoms with Gasteiger partial charge in [0.15, 0.2) is 5.69 Å². The molecule has 3 aromatic rings. The maximum absolute atomic E-state index is 13.1. The molecule has 10 heteroatoms. The first-order valence-electron chi connectivity index (χ1n) is 10.9. The monoisotopic (exact) mass is 470 g/mol. The minimum absolute atomic E-state index is 0.0327. The minimum atomic E-state index is -4.51. The standard InChI is InChI=1S/C24H25F3N6O/c1-15(2)29-20-13-16(11-12-28-20)23(34)31-18-6-3-5-17(9-10-18)30-21-7-4-8-22-32-19(14-33(21)22)24(25,26)27/h4-5,7-8,11-14,18,30H,1,3,6,9-10H2,2H3,(H,28,29)(H,31,34). The molecule has 0 saturated heterocycles. The zero-order chi connectivity index (χ0) is 24.3. The van der Waals surface area contributed by atoms with E-state index >= 15 is 0 Å². The molecule has 3 aromatic heterocycles. The van der Waals surface area contributed by atoms with E-state index in [2.05, 4.69) is 32.5 Å². The minimum Gasteiger partial charge on any atom is -0.349 e. The maximum atomic E-state index is 13.1. The number of anilines is 2. The molecule has 0 bridgehead atoms. The zero-order valence-corrected chi connectivity index (χ0v) is 18.6. The van der Waals surface area contributed by atoms with Gasteiger partial charge in [0.2, 0.25) is 0 Å². The number of alkyl halides is 3. The fourth-order valence-electron chi connectivity index (χ4n) is 3.83. The Morgan fingerprint density at radius 2 is 2.06 bits per heavy atom. The van der Waals surface area contributed by atoms with E-state index in [0.717, 1.165) is 30.4 Å². The molecule has 7 nitrogen and oxygen atoms in total. The molecule has 1 aliphatic carbocycles. The Morgan fingerprint density at radius 3 is 2.82 bits per heavy atom. The van der Waals surface area contributed by atoms with E-state index in [1.54, 1.807) is 37.4 Å². The summed E-state index contributed by atoms with van der Waals surface area (Å²) >= 11 is 0. The Morgan fingerprint density at radius 1 is 1.24 bits per heavy atom. The van der Waals surface area contributed by atoms with E-state index in [-0.39, 0.29) is 17.6 Å². The van der Waals surface area contributed by atoms with Crippen LogP contribution >= 0.6 is 0 Å². The summed E-state index contributed by atoms with van der Waals surface area (Å²) in [6, 6.07) is 8.20. The van der Waals surface area contributed by atoms with Gasteiger partial charge in [-0.2, -0.15) is 13.2 Å². The Labute approximate surface area is 194 Å². The Bertz CT molecular complexity index is 1250. The summed E-state index contributed by atoms with van der Waals surface area (Å²) in [5, 5.41) is 9.30.